The van der Waals surface area contributed by atoms with E-state index in [2.05, 4.69) is 10.0 Å². The first-order chi connectivity index (χ1) is 10.0. The topological polar surface area (TPSA) is 67.4 Å². The Bertz CT molecular complexity index is 778. The lowest BCUT2D eigenvalue weighted by molar-refractivity contribution is 0.475. The molecule has 3 rings (SSSR count). The van der Waals surface area contributed by atoms with E-state index < -0.39 is 15.8 Å². The lowest BCUT2D eigenvalue weighted by Gasteiger charge is -2.10. The van der Waals surface area contributed by atoms with E-state index in [-0.39, 0.29) is 4.90 Å². The zero-order valence-corrected chi connectivity index (χ0v) is 11.8. The first kappa shape index (κ1) is 13.8. The highest BCUT2D eigenvalue weighted by molar-refractivity contribution is 7.89. The lowest BCUT2D eigenvalue weighted by Crippen LogP contribution is -2.25. The maximum absolute atomic E-state index is 13.1. The Balaban J connectivity index is 1.97. The molecule has 1 aliphatic rings. The quantitative estimate of drug-likeness (QED) is 0.893. The highest BCUT2D eigenvalue weighted by atomic mass is 32.2. The average molecular weight is 308 g/mol. The van der Waals surface area contributed by atoms with Crippen LogP contribution in [0.5, 0.6) is 11.5 Å². The molecule has 2 aromatic carbocycles. The molecular weight excluding hydrogens is 295 g/mol. The molecule has 21 heavy (non-hydrogen) atoms. The first-order valence-electron chi connectivity index (χ1n) is 6.36. The minimum Gasteiger partial charge on any atom is -0.457 e. The van der Waals surface area contributed by atoms with E-state index in [1.165, 1.54) is 24.3 Å². The molecule has 0 aromatic heterocycles. The van der Waals surface area contributed by atoms with Crippen LogP contribution >= 0.6 is 0 Å². The molecule has 0 aliphatic carbocycles. The lowest BCUT2D eigenvalue weighted by atomic mass is 10.3. The summed E-state index contributed by atoms with van der Waals surface area (Å²) in [5.74, 6) is 0.216. The molecule has 0 amide bonds. The third-order valence-electron chi connectivity index (χ3n) is 3.01. The predicted octanol–water partition coefficient (Wildman–Crippen LogP) is 2.32. The van der Waals surface area contributed by atoms with Crippen molar-refractivity contribution in [3.8, 4) is 11.5 Å². The standard InChI is InChI=1S/C14H13FN2O3S/c15-10-2-1-3-11(8-10)20-12-4-5-13-14(9-12)21(18,19)17-7-6-16-13/h1-5,8-9,16-17H,6-7H2. The Kier molecular flexibility index (Phi) is 3.52. The number of ether oxygens (including phenoxy) is 1. The monoisotopic (exact) mass is 308 g/mol. The van der Waals surface area contributed by atoms with Crippen molar-refractivity contribution in [3.05, 3.63) is 48.3 Å². The van der Waals surface area contributed by atoms with Crippen LogP contribution in [0.1, 0.15) is 0 Å². The van der Waals surface area contributed by atoms with Gasteiger partial charge in [0, 0.05) is 25.2 Å². The first-order valence-corrected chi connectivity index (χ1v) is 7.84. The summed E-state index contributed by atoms with van der Waals surface area (Å²) in [5.41, 5.74) is 0.520. The number of benzene rings is 2. The van der Waals surface area contributed by atoms with E-state index in [0.29, 0.717) is 30.3 Å². The molecule has 0 atom stereocenters. The van der Waals surface area contributed by atoms with Crippen LogP contribution < -0.4 is 14.8 Å². The molecule has 0 fully saturated rings. The van der Waals surface area contributed by atoms with Crippen LogP contribution in [0.15, 0.2) is 47.4 Å². The molecule has 0 bridgehead atoms. The van der Waals surface area contributed by atoms with Crippen LogP contribution in [0.4, 0.5) is 10.1 Å². The van der Waals surface area contributed by atoms with E-state index in [1.54, 1.807) is 18.2 Å². The fourth-order valence-corrected chi connectivity index (χ4v) is 3.29. The second kappa shape index (κ2) is 5.34. The molecule has 7 heteroatoms. The Labute approximate surface area is 121 Å². The van der Waals surface area contributed by atoms with Gasteiger partial charge in [0.05, 0.1) is 5.69 Å². The number of fused-ring (bicyclic) bond motifs is 1. The van der Waals surface area contributed by atoms with Crippen LogP contribution in [-0.4, -0.2) is 21.5 Å². The van der Waals surface area contributed by atoms with Crippen molar-refractivity contribution in [3.63, 3.8) is 0 Å². The number of rotatable bonds is 2. The molecule has 0 spiro atoms. The van der Waals surface area contributed by atoms with Crippen molar-refractivity contribution in [2.24, 2.45) is 0 Å². The summed E-state index contributed by atoms with van der Waals surface area (Å²) in [6, 6.07) is 10.3. The van der Waals surface area contributed by atoms with Crippen LogP contribution in [0.2, 0.25) is 0 Å². The van der Waals surface area contributed by atoms with Crippen LogP contribution in [0.25, 0.3) is 0 Å². The van der Waals surface area contributed by atoms with Gasteiger partial charge < -0.3 is 10.1 Å². The van der Waals surface area contributed by atoms with Gasteiger partial charge in [-0.05, 0) is 24.3 Å². The zero-order chi connectivity index (χ0) is 14.9. The molecule has 0 radical (unpaired) electrons. The highest BCUT2D eigenvalue weighted by Gasteiger charge is 2.22. The number of hydrogen-bond donors (Lipinski definition) is 2. The Morgan fingerprint density at radius 1 is 1.05 bits per heavy atom. The van der Waals surface area contributed by atoms with Gasteiger partial charge in [-0.15, -0.1) is 0 Å². The number of sulfonamides is 1. The Hall–Kier alpha value is -2.12. The fraction of sp³-hybridized carbons (Fsp3) is 0.143. The largest absolute Gasteiger partial charge is 0.457 e. The van der Waals surface area contributed by atoms with Gasteiger partial charge in [-0.1, -0.05) is 6.07 Å². The van der Waals surface area contributed by atoms with E-state index in [9.17, 15) is 12.8 Å². The highest BCUT2D eigenvalue weighted by Crippen LogP contribution is 2.30. The molecule has 2 aromatic rings. The van der Waals surface area contributed by atoms with Crippen molar-refractivity contribution in [1.82, 2.24) is 4.72 Å². The Morgan fingerprint density at radius 3 is 2.67 bits per heavy atom. The minimum atomic E-state index is -3.57. The van der Waals surface area contributed by atoms with Crippen molar-refractivity contribution in [2.75, 3.05) is 18.4 Å². The van der Waals surface area contributed by atoms with Crippen molar-refractivity contribution in [2.45, 2.75) is 4.90 Å². The SMILES string of the molecule is O=S1(=O)NCCNc2ccc(Oc3cccc(F)c3)cc21. The smallest absolute Gasteiger partial charge is 0.242 e. The molecule has 110 valence electrons. The molecule has 2 N–H and O–H groups in total. The van der Waals surface area contributed by atoms with E-state index in [4.69, 9.17) is 4.74 Å². The summed E-state index contributed by atoms with van der Waals surface area (Å²) in [6.07, 6.45) is 0. The van der Waals surface area contributed by atoms with Crippen LogP contribution in [-0.2, 0) is 10.0 Å². The van der Waals surface area contributed by atoms with E-state index >= 15 is 0 Å². The fourth-order valence-electron chi connectivity index (χ4n) is 2.06. The van der Waals surface area contributed by atoms with Gasteiger partial charge in [-0.3, -0.25) is 0 Å². The molecule has 0 saturated carbocycles. The summed E-state index contributed by atoms with van der Waals surface area (Å²) in [4.78, 5) is 0.119. The van der Waals surface area contributed by atoms with Gasteiger partial charge in [-0.2, -0.15) is 0 Å². The maximum atomic E-state index is 13.1. The van der Waals surface area contributed by atoms with E-state index in [1.807, 2.05) is 0 Å². The third kappa shape index (κ3) is 2.98. The number of hydrogen-bond acceptors (Lipinski definition) is 4. The summed E-state index contributed by atoms with van der Waals surface area (Å²) in [6.45, 7) is 0.827. The molecule has 0 unspecified atom stereocenters. The van der Waals surface area contributed by atoms with Gasteiger partial charge >= 0.3 is 0 Å². The van der Waals surface area contributed by atoms with Gasteiger partial charge in [0.2, 0.25) is 10.0 Å². The summed E-state index contributed by atoms with van der Waals surface area (Å²) < 4.78 is 45.3. The van der Waals surface area contributed by atoms with Crippen LogP contribution in [0, 0.1) is 5.82 Å². The summed E-state index contributed by atoms with van der Waals surface area (Å²) >= 11 is 0. The number of halogens is 1. The molecule has 0 saturated heterocycles. The zero-order valence-electron chi connectivity index (χ0n) is 11.0. The number of nitrogens with one attached hydrogen (secondary N) is 2. The number of anilines is 1. The van der Waals surface area contributed by atoms with Crippen molar-refractivity contribution < 1.29 is 17.5 Å². The minimum absolute atomic E-state index is 0.119. The molecule has 1 heterocycles. The summed E-state index contributed by atoms with van der Waals surface area (Å²) in [5, 5.41) is 3.02. The van der Waals surface area contributed by atoms with Gasteiger partial charge in [0.15, 0.2) is 0 Å². The van der Waals surface area contributed by atoms with E-state index in [0.717, 1.165) is 0 Å². The molecule has 1 aliphatic heterocycles. The molecule has 5 nitrogen and oxygen atoms in total. The van der Waals surface area contributed by atoms with Gasteiger partial charge in [0.1, 0.15) is 22.2 Å². The second-order valence-corrected chi connectivity index (χ2v) is 6.28. The van der Waals surface area contributed by atoms with Crippen molar-refractivity contribution >= 4 is 15.7 Å². The Morgan fingerprint density at radius 2 is 1.86 bits per heavy atom. The van der Waals surface area contributed by atoms with Gasteiger partial charge in [-0.25, -0.2) is 17.5 Å². The van der Waals surface area contributed by atoms with Gasteiger partial charge in [0.25, 0.3) is 0 Å². The average Bonchev–Trinajstić information content (AvgIpc) is 2.58. The third-order valence-corrected chi connectivity index (χ3v) is 4.51. The maximum Gasteiger partial charge on any atom is 0.242 e. The second-order valence-electron chi connectivity index (χ2n) is 4.54. The predicted molar refractivity (Wildman–Crippen MR) is 76.6 cm³/mol. The summed E-state index contributed by atoms with van der Waals surface area (Å²) in [7, 11) is -3.57. The normalized spacial score (nSPS) is 16.4. The van der Waals surface area contributed by atoms with Crippen LogP contribution in [0.3, 0.4) is 0 Å². The molecular formula is C14H13FN2O3S. The van der Waals surface area contributed by atoms with Crippen molar-refractivity contribution in [1.29, 1.82) is 0 Å².